The minimum absolute atomic E-state index is 0.0253. The fourth-order valence-corrected chi connectivity index (χ4v) is 2.09. The van der Waals surface area contributed by atoms with Crippen molar-refractivity contribution in [3.8, 4) is 0 Å². The summed E-state index contributed by atoms with van der Waals surface area (Å²) in [5.74, 6) is -0.0253. The van der Waals surface area contributed by atoms with Gasteiger partial charge in [0, 0.05) is 29.8 Å². The summed E-state index contributed by atoms with van der Waals surface area (Å²) < 4.78 is 0.874. The molecule has 0 radical (unpaired) electrons. The molecular formula is C11H14BrN3O. The van der Waals surface area contributed by atoms with Crippen molar-refractivity contribution in [2.75, 3.05) is 13.1 Å². The number of carbonyl (C=O) groups excluding carboxylic acids is 1. The molecule has 0 aliphatic carbocycles. The number of halogens is 1. The minimum Gasteiger partial charge on any atom is -0.336 e. The number of aromatic nitrogens is 1. The van der Waals surface area contributed by atoms with Gasteiger partial charge in [-0.1, -0.05) is 0 Å². The smallest absolute Gasteiger partial charge is 0.272 e. The van der Waals surface area contributed by atoms with Crippen LogP contribution < -0.4 is 5.73 Å². The lowest BCUT2D eigenvalue weighted by Crippen LogP contribution is -2.45. The highest BCUT2D eigenvalue weighted by atomic mass is 79.9. The van der Waals surface area contributed by atoms with Crippen molar-refractivity contribution in [3.63, 3.8) is 0 Å². The number of amides is 1. The summed E-state index contributed by atoms with van der Waals surface area (Å²) in [6.45, 7) is 1.42. The van der Waals surface area contributed by atoms with Gasteiger partial charge in [0.2, 0.25) is 0 Å². The van der Waals surface area contributed by atoms with Gasteiger partial charge in [0.25, 0.3) is 5.91 Å². The molecule has 2 heterocycles. The van der Waals surface area contributed by atoms with Gasteiger partial charge in [-0.05, 0) is 40.9 Å². The molecule has 16 heavy (non-hydrogen) atoms. The maximum absolute atomic E-state index is 12.0. The summed E-state index contributed by atoms with van der Waals surface area (Å²) in [5, 5.41) is 0. The molecule has 1 amide bonds. The Hall–Kier alpha value is -0.940. The quantitative estimate of drug-likeness (QED) is 0.848. The Morgan fingerprint density at radius 3 is 3.00 bits per heavy atom. The monoisotopic (exact) mass is 283 g/mol. The standard InChI is InChI=1S/C11H14BrN3O/c12-8-3-4-10(14-6-8)11(16)15-5-1-2-9(13)7-15/h3-4,6,9H,1-2,5,7,13H2. The number of hydrogen-bond donors (Lipinski definition) is 1. The number of hydrogen-bond acceptors (Lipinski definition) is 3. The number of nitrogens with two attached hydrogens (primary N) is 1. The molecular weight excluding hydrogens is 270 g/mol. The van der Waals surface area contributed by atoms with Gasteiger partial charge < -0.3 is 10.6 Å². The second-order valence-electron chi connectivity index (χ2n) is 4.02. The first-order valence-corrected chi connectivity index (χ1v) is 6.12. The largest absolute Gasteiger partial charge is 0.336 e. The van der Waals surface area contributed by atoms with Gasteiger partial charge in [-0.2, -0.15) is 0 Å². The Morgan fingerprint density at radius 2 is 2.38 bits per heavy atom. The number of likely N-dealkylation sites (tertiary alicyclic amines) is 1. The first kappa shape index (κ1) is 11.5. The van der Waals surface area contributed by atoms with Crippen LogP contribution in [-0.2, 0) is 0 Å². The van der Waals surface area contributed by atoms with E-state index >= 15 is 0 Å². The number of rotatable bonds is 1. The van der Waals surface area contributed by atoms with Crippen molar-refractivity contribution in [1.82, 2.24) is 9.88 Å². The highest BCUT2D eigenvalue weighted by Gasteiger charge is 2.22. The third kappa shape index (κ3) is 2.59. The second kappa shape index (κ2) is 4.93. The summed E-state index contributed by atoms with van der Waals surface area (Å²) in [6, 6.07) is 3.66. The zero-order chi connectivity index (χ0) is 11.5. The fraction of sp³-hybridized carbons (Fsp3) is 0.455. The summed E-state index contributed by atoms with van der Waals surface area (Å²) in [6.07, 6.45) is 3.61. The van der Waals surface area contributed by atoms with Crippen molar-refractivity contribution < 1.29 is 4.79 Å². The lowest BCUT2D eigenvalue weighted by Gasteiger charge is -2.30. The molecule has 1 atom stereocenters. The Morgan fingerprint density at radius 1 is 1.56 bits per heavy atom. The Bertz CT molecular complexity index is 379. The van der Waals surface area contributed by atoms with Gasteiger partial charge in [0.1, 0.15) is 5.69 Å². The molecule has 4 nitrogen and oxygen atoms in total. The Balaban J connectivity index is 2.09. The molecule has 2 rings (SSSR count). The van der Waals surface area contributed by atoms with E-state index in [-0.39, 0.29) is 11.9 Å². The molecule has 2 N–H and O–H groups in total. The molecule has 1 aromatic rings. The lowest BCUT2D eigenvalue weighted by atomic mass is 10.1. The molecule has 1 aromatic heterocycles. The normalized spacial score (nSPS) is 20.9. The van der Waals surface area contributed by atoms with Crippen molar-refractivity contribution in [3.05, 3.63) is 28.5 Å². The van der Waals surface area contributed by atoms with Crippen molar-refractivity contribution in [2.24, 2.45) is 5.73 Å². The van der Waals surface area contributed by atoms with Gasteiger partial charge >= 0.3 is 0 Å². The van der Waals surface area contributed by atoms with Gasteiger partial charge in [-0.15, -0.1) is 0 Å². The highest BCUT2D eigenvalue weighted by Crippen LogP contribution is 2.13. The summed E-state index contributed by atoms with van der Waals surface area (Å²) >= 11 is 3.29. The Kier molecular flexibility index (Phi) is 3.56. The van der Waals surface area contributed by atoms with E-state index in [0.29, 0.717) is 12.2 Å². The topological polar surface area (TPSA) is 59.2 Å². The van der Waals surface area contributed by atoms with Crippen LogP contribution in [0.5, 0.6) is 0 Å². The first-order chi connectivity index (χ1) is 7.66. The third-order valence-corrected chi connectivity index (χ3v) is 3.16. The van der Waals surface area contributed by atoms with Gasteiger partial charge in [0.15, 0.2) is 0 Å². The maximum atomic E-state index is 12.0. The number of carbonyl (C=O) groups is 1. The zero-order valence-electron chi connectivity index (χ0n) is 8.90. The molecule has 0 spiro atoms. The zero-order valence-corrected chi connectivity index (χ0v) is 10.5. The fourth-order valence-electron chi connectivity index (χ4n) is 1.86. The van der Waals surface area contributed by atoms with Crippen LogP contribution in [0, 0.1) is 0 Å². The van der Waals surface area contributed by atoms with Crippen LogP contribution in [0.25, 0.3) is 0 Å². The molecule has 1 aliphatic rings. The van der Waals surface area contributed by atoms with E-state index < -0.39 is 0 Å². The first-order valence-electron chi connectivity index (χ1n) is 5.33. The summed E-state index contributed by atoms with van der Waals surface area (Å²) in [5.41, 5.74) is 6.33. The van der Waals surface area contributed by atoms with Crippen molar-refractivity contribution in [2.45, 2.75) is 18.9 Å². The minimum atomic E-state index is -0.0253. The van der Waals surface area contributed by atoms with Crippen molar-refractivity contribution in [1.29, 1.82) is 0 Å². The van der Waals surface area contributed by atoms with Crippen LogP contribution in [-0.4, -0.2) is 34.9 Å². The van der Waals surface area contributed by atoms with Gasteiger partial charge in [0.05, 0.1) is 0 Å². The average molecular weight is 284 g/mol. The van der Waals surface area contributed by atoms with Crippen LogP contribution in [0.3, 0.4) is 0 Å². The predicted octanol–water partition coefficient (Wildman–Crippen LogP) is 1.41. The van der Waals surface area contributed by atoms with Gasteiger partial charge in [-0.3, -0.25) is 4.79 Å². The molecule has 1 saturated heterocycles. The van der Waals surface area contributed by atoms with E-state index in [0.717, 1.165) is 23.9 Å². The number of nitrogens with zero attached hydrogens (tertiary/aromatic N) is 2. The van der Waals surface area contributed by atoms with E-state index in [1.165, 1.54) is 0 Å². The van der Waals surface area contributed by atoms with E-state index in [9.17, 15) is 4.79 Å². The molecule has 0 saturated carbocycles. The number of pyridine rings is 1. The molecule has 86 valence electrons. The van der Waals surface area contributed by atoms with Crippen LogP contribution in [0.2, 0.25) is 0 Å². The lowest BCUT2D eigenvalue weighted by molar-refractivity contribution is 0.0703. The predicted molar refractivity (Wildman–Crippen MR) is 65.0 cm³/mol. The van der Waals surface area contributed by atoms with Crippen LogP contribution in [0.4, 0.5) is 0 Å². The molecule has 1 unspecified atom stereocenters. The van der Waals surface area contributed by atoms with Gasteiger partial charge in [-0.25, -0.2) is 4.98 Å². The van der Waals surface area contributed by atoms with Crippen LogP contribution in [0.1, 0.15) is 23.3 Å². The summed E-state index contributed by atoms with van der Waals surface area (Å²) in [7, 11) is 0. The van der Waals surface area contributed by atoms with Crippen LogP contribution in [0.15, 0.2) is 22.8 Å². The molecule has 0 bridgehead atoms. The molecule has 0 aromatic carbocycles. The molecule has 5 heteroatoms. The maximum Gasteiger partial charge on any atom is 0.272 e. The van der Waals surface area contributed by atoms with Crippen molar-refractivity contribution >= 4 is 21.8 Å². The second-order valence-corrected chi connectivity index (χ2v) is 4.93. The van der Waals surface area contributed by atoms with E-state index in [2.05, 4.69) is 20.9 Å². The molecule has 1 fully saturated rings. The Labute approximate surface area is 103 Å². The van der Waals surface area contributed by atoms with E-state index in [4.69, 9.17) is 5.73 Å². The van der Waals surface area contributed by atoms with E-state index in [1.54, 1.807) is 17.2 Å². The summed E-state index contributed by atoms with van der Waals surface area (Å²) in [4.78, 5) is 17.9. The van der Waals surface area contributed by atoms with E-state index in [1.807, 2.05) is 6.07 Å². The third-order valence-electron chi connectivity index (χ3n) is 2.69. The SMILES string of the molecule is NC1CCCN(C(=O)c2ccc(Br)cn2)C1. The number of piperidine rings is 1. The highest BCUT2D eigenvalue weighted by molar-refractivity contribution is 9.10. The van der Waals surface area contributed by atoms with Crippen LogP contribution >= 0.6 is 15.9 Å². The average Bonchev–Trinajstić information content (AvgIpc) is 2.29. The molecule has 1 aliphatic heterocycles.